The Bertz CT molecular complexity index is 452. The molecule has 0 aliphatic rings. The molecule has 0 fully saturated rings. The molecule has 0 heterocycles. The van der Waals surface area contributed by atoms with Gasteiger partial charge in [-0.15, -0.1) is 12.3 Å². The lowest BCUT2D eigenvalue weighted by Gasteiger charge is -2.08. The minimum absolute atomic E-state index is 0.0623. The van der Waals surface area contributed by atoms with E-state index in [0.717, 1.165) is 18.9 Å². The van der Waals surface area contributed by atoms with Crippen molar-refractivity contribution in [2.75, 3.05) is 11.9 Å². The third-order valence-corrected chi connectivity index (χ3v) is 2.26. The van der Waals surface area contributed by atoms with E-state index in [1.807, 2.05) is 0 Å². The molecule has 1 aromatic rings. The standard InChI is InChI=1S/C13H16N2O3/c1-2-3-4-5-8-14-13(18)15-11-7-6-10(16)9-12(11)17/h1,6-7,9,16-17H,3-5,8H2,(H2,14,15,18). The van der Waals surface area contributed by atoms with Crippen LogP contribution in [-0.2, 0) is 0 Å². The van der Waals surface area contributed by atoms with Crippen molar-refractivity contribution in [1.82, 2.24) is 5.32 Å². The molecule has 1 rings (SSSR count). The van der Waals surface area contributed by atoms with Crippen molar-refractivity contribution < 1.29 is 15.0 Å². The summed E-state index contributed by atoms with van der Waals surface area (Å²) < 4.78 is 0. The fraction of sp³-hybridized carbons (Fsp3) is 0.308. The molecule has 0 radical (unpaired) electrons. The molecular weight excluding hydrogens is 232 g/mol. The molecular formula is C13H16N2O3. The van der Waals surface area contributed by atoms with Gasteiger partial charge in [-0.25, -0.2) is 4.79 Å². The Labute approximate surface area is 106 Å². The highest BCUT2D eigenvalue weighted by Gasteiger charge is 2.05. The van der Waals surface area contributed by atoms with Crippen molar-refractivity contribution in [2.45, 2.75) is 19.3 Å². The minimum atomic E-state index is -0.406. The van der Waals surface area contributed by atoms with E-state index in [1.165, 1.54) is 12.1 Å². The predicted molar refractivity (Wildman–Crippen MR) is 69.5 cm³/mol. The summed E-state index contributed by atoms with van der Waals surface area (Å²) in [6.45, 7) is 0.520. The zero-order valence-corrected chi connectivity index (χ0v) is 9.94. The van der Waals surface area contributed by atoms with Crippen LogP contribution >= 0.6 is 0 Å². The average Bonchev–Trinajstić information content (AvgIpc) is 2.32. The second-order valence-corrected chi connectivity index (χ2v) is 3.74. The largest absolute Gasteiger partial charge is 0.508 e. The number of carbonyl (C=O) groups excluding carboxylic acids is 1. The van der Waals surface area contributed by atoms with Crippen molar-refractivity contribution in [2.24, 2.45) is 0 Å². The third-order valence-electron chi connectivity index (χ3n) is 2.26. The maximum Gasteiger partial charge on any atom is 0.319 e. The van der Waals surface area contributed by atoms with Crippen LogP contribution in [0.25, 0.3) is 0 Å². The summed E-state index contributed by atoms with van der Waals surface area (Å²) >= 11 is 0. The Morgan fingerprint density at radius 3 is 2.78 bits per heavy atom. The van der Waals surface area contributed by atoms with E-state index in [-0.39, 0.29) is 17.2 Å². The lowest BCUT2D eigenvalue weighted by Crippen LogP contribution is -2.29. The Balaban J connectivity index is 2.34. The number of hydrogen-bond donors (Lipinski definition) is 4. The van der Waals surface area contributed by atoms with Gasteiger partial charge < -0.3 is 20.8 Å². The second-order valence-electron chi connectivity index (χ2n) is 3.74. The number of urea groups is 1. The van der Waals surface area contributed by atoms with Gasteiger partial charge in [0.05, 0.1) is 5.69 Å². The Morgan fingerprint density at radius 2 is 2.11 bits per heavy atom. The third kappa shape index (κ3) is 4.66. The topological polar surface area (TPSA) is 81.6 Å². The molecule has 0 aliphatic heterocycles. The number of hydrogen-bond acceptors (Lipinski definition) is 3. The van der Waals surface area contributed by atoms with Gasteiger partial charge in [0.2, 0.25) is 0 Å². The highest BCUT2D eigenvalue weighted by atomic mass is 16.3. The molecule has 5 heteroatoms. The fourth-order valence-corrected chi connectivity index (χ4v) is 1.35. The van der Waals surface area contributed by atoms with E-state index in [9.17, 15) is 9.90 Å². The average molecular weight is 248 g/mol. The van der Waals surface area contributed by atoms with Gasteiger partial charge >= 0.3 is 6.03 Å². The van der Waals surface area contributed by atoms with Crippen LogP contribution in [-0.4, -0.2) is 22.8 Å². The first-order valence-corrected chi connectivity index (χ1v) is 5.64. The van der Waals surface area contributed by atoms with E-state index in [4.69, 9.17) is 11.5 Å². The van der Waals surface area contributed by atoms with Gasteiger partial charge in [0.25, 0.3) is 0 Å². The normalized spacial score (nSPS) is 9.50. The number of rotatable bonds is 5. The lowest BCUT2D eigenvalue weighted by atomic mass is 10.2. The Morgan fingerprint density at radius 1 is 1.33 bits per heavy atom. The number of phenols is 2. The van der Waals surface area contributed by atoms with Crippen molar-refractivity contribution in [3.05, 3.63) is 18.2 Å². The van der Waals surface area contributed by atoms with E-state index in [1.54, 1.807) is 0 Å². The molecule has 0 saturated heterocycles. The van der Waals surface area contributed by atoms with Gasteiger partial charge in [0.1, 0.15) is 11.5 Å². The van der Waals surface area contributed by atoms with Gasteiger partial charge in [-0.2, -0.15) is 0 Å². The van der Waals surface area contributed by atoms with Crippen LogP contribution in [0, 0.1) is 12.3 Å². The molecule has 0 atom stereocenters. The molecule has 96 valence electrons. The fourth-order valence-electron chi connectivity index (χ4n) is 1.35. The molecule has 0 aromatic heterocycles. The zero-order valence-electron chi connectivity index (χ0n) is 9.94. The summed E-state index contributed by atoms with van der Waals surface area (Å²) in [6.07, 6.45) is 7.47. The van der Waals surface area contributed by atoms with Crippen LogP contribution in [0.15, 0.2) is 18.2 Å². The van der Waals surface area contributed by atoms with Gasteiger partial charge in [0.15, 0.2) is 0 Å². The van der Waals surface area contributed by atoms with Gasteiger partial charge in [-0.1, -0.05) is 0 Å². The first-order chi connectivity index (χ1) is 8.63. The summed E-state index contributed by atoms with van der Waals surface area (Å²) in [5.74, 6) is 2.28. The van der Waals surface area contributed by atoms with Gasteiger partial charge in [-0.05, 0) is 25.0 Å². The SMILES string of the molecule is C#CCCCCNC(=O)Nc1ccc(O)cc1O. The smallest absolute Gasteiger partial charge is 0.319 e. The van der Waals surface area contributed by atoms with Crippen molar-refractivity contribution in [1.29, 1.82) is 0 Å². The number of terminal acetylenes is 1. The molecule has 0 spiro atoms. The van der Waals surface area contributed by atoms with Crippen LogP contribution in [0.2, 0.25) is 0 Å². The van der Waals surface area contributed by atoms with Crippen LogP contribution < -0.4 is 10.6 Å². The molecule has 4 N–H and O–H groups in total. The van der Waals surface area contributed by atoms with Crippen molar-refractivity contribution in [3.63, 3.8) is 0 Å². The van der Waals surface area contributed by atoms with Crippen molar-refractivity contribution in [3.8, 4) is 23.8 Å². The van der Waals surface area contributed by atoms with Gasteiger partial charge in [0, 0.05) is 19.0 Å². The highest BCUT2D eigenvalue weighted by Crippen LogP contribution is 2.26. The lowest BCUT2D eigenvalue weighted by molar-refractivity contribution is 0.252. The van der Waals surface area contributed by atoms with Crippen LogP contribution in [0.4, 0.5) is 10.5 Å². The van der Waals surface area contributed by atoms with Crippen LogP contribution in [0.1, 0.15) is 19.3 Å². The van der Waals surface area contributed by atoms with E-state index < -0.39 is 6.03 Å². The number of amides is 2. The van der Waals surface area contributed by atoms with Crippen LogP contribution in [0.5, 0.6) is 11.5 Å². The molecule has 5 nitrogen and oxygen atoms in total. The molecule has 0 bridgehead atoms. The number of benzene rings is 1. The number of nitrogens with one attached hydrogen (secondary N) is 2. The molecule has 0 unspecified atom stereocenters. The van der Waals surface area contributed by atoms with E-state index in [2.05, 4.69) is 16.6 Å². The predicted octanol–water partition coefficient (Wildman–Crippen LogP) is 2.02. The number of aromatic hydroxyl groups is 2. The summed E-state index contributed by atoms with van der Waals surface area (Å²) in [6, 6.07) is 3.55. The first kappa shape index (κ1) is 13.7. The summed E-state index contributed by atoms with van der Waals surface area (Å²) in [5, 5.41) is 23.7. The number of phenolic OH excluding ortho intramolecular Hbond substituents is 2. The summed E-state index contributed by atoms with van der Waals surface area (Å²) in [7, 11) is 0. The second kappa shape index (κ2) is 7.07. The maximum atomic E-state index is 11.4. The quantitative estimate of drug-likeness (QED) is 0.278. The molecule has 18 heavy (non-hydrogen) atoms. The van der Waals surface area contributed by atoms with Gasteiger partial charge in [-0.3, -0.25) is 0 Å². The number of anilines is 1. The molecule has 1 aromatic carbocycles. The van der Waals surface area contributed by atoms with Crippen molar-refractivity contribution >= 4 is 11.7 Å². The number of unbranched alkanes of at least 4 members (excludes halogenated alkanes) is 2. The molecule has 0 saturated carbocycles. The number of carbonyl (C=O) groups is 1. The summed E-state index contributed by atoms with van der Waals surface area (Å²) in [4.78, 5) is 11.4. The van der Waals surface area contributed by atoms with E-state index in [0.29, 0.717) is 13.0 Å². The zero-order chi connectivity index (χ0) is 13.4. The Hall–Kier alpha value is -2.35. The minimum Gasteiger partial charge on any atom is -0.508 e. The first-order valence-electron chi connectivity index (χ1n) is 5.64. The maximum absolute atomic E-state index is 11.4. The van der Waals surface area contributed by atoms with Crippen LogP contribution in [0.3, 0.4) is 0 Å². The summed E-state index contributed by atoms with van der Waals surface area (Å²) in [5.41, 5.74) is 0.244. The van der Waals surface area contributed by atoms with E-state index >= 15 is 0 Å². The molecule has 2 amide bonds. The monoisotopic (exact) mass is 248 g/mol. The Kier molecular flexibility index (Phi) is 5.39. The highest BCUT2D eigenvalue weighted by molar-refractivity contribution is 5.90. The molecule has 0 aliphatic carbocycles.